The third-order valence-corrected chi connectivity index (χ3v) is 3.25. The smallest absolute Gasteiger partial charge is 0.0398 e. The van der Waals surface area contributed by atoms with E-state index in [-0.39, 0.29) is 0 Å². The Balaban J connectivity index is 3.00. The summed E-state index contributed by atoms with van der Waals surface area (Å²) in [5.74, 6) is 0. The van der Waals surface area contributed by atoms with E-state index in [0.717, 1.165) is 6.54 Å². The fourth-order valence-electron chi connectivity index (χ4n) is 2.17. The molecular weight excluding hydrogens is 194 g/mol. The number of hydrogen-bond donors (Lipinski definition) is 0. The van der Waals surface area contributed by atoms with Crippen molar-refractivity contribution < 1.29 is 0 Å². The fraction of sp³-hybridized carbons (Fsp3) is 0.600. The maximum Gasteiger partial charge on any atom is 0.0398 e. The maximum atomic E-state index is 2.54. The molecule has 0 radical (unpaired) electrons. The Morgan fingerprint density at radius 2 is 1.88 bits per heavy atom. The molecule has 0 aliphatic rings. The standard InChI is InChI=1S/C15H25N/c1-6-10-16(14(5)7-2)15-9-8-12(3)11-13(15)4/h8-9,11,14H,6-7,10H2,1-5H3. The van der Waals surface area contributed by atoms with Gasteiger partial charge >= 0.3 is 0 Å². The van der Waals surface area contributed by atoms with Crippen LogP contribution < -0.4 is 4.90 Å². The van der Waals surface area contributed by atoms with E-state index in [1.54, 1.807) is 0 Å². The van der Waals surface area contributed by atoms with E-state index < -0.39 is 0 Å². The van der Waals surface area contributed by atoms with Crippen LogP contribution in [-0.4, -0.2) is 12.6 Å². The number of hydrogen-bond acceptors (Lipinski definition) is 1. The molecule has 16 heavy (non-hydrogen) atoms. The first kappa shape index (κ1) is 13.1. The van der Waals surface area contributed by atoms with Crippen molar-refractivity contribution in [1.82, 2.24) is 0 Å². The molecule has 0 bridgehead atoms. The van der Waals surface area contributed by atoms with Crippen molar-refractivity contribution in [1.29, 1.82) is 0 Å². The Morgan fingerprint density at radius 1 is 1.19 bits per heavy atom. The van der Waals surface area contributed by atoms with Gasteiger partial charge in [-0.05, 0) is 45.2 Å². The molecule has 1 atom stereocenters. The van der Waals surface area contributed by atoms with Crippen molar-refractivity contribution in [3.05, 3.63) is 29.3 Å². The van der Waals surface area contributed by atoms with Gasteiger partial charge in [-0.3, -0.25) is 0 Å². The van der Waals surface area contributed by atoms with Gasteiger partial charge in [0.15, 0.2) is 0 Å². The molecule has 1 rings (SSSR count). The van der Waals surface area contributed by atoms with Crippen molar-refractivity contribution in [2.24, 2.45) is 0 Å². The van der Waals surface area contributed by atoms with Crippen LogP contribution in [-0.2, 0) is 0 Å². The second kappa shape index (κ2) is 5.93. The summed E-state index contributed by atoms with van der Waals surface area (Å²) in [4.78, 5) is 2.54. The highest BCUT2D eigenvalue weighted by molar-refractivity contribution is 5.55. The summed E-state index contributed by atoms with van der Waals surface area (Å²) in [6.45, 7) is 12.3. The summed E-state index contributed by atoms with van der Waals surface area (Å²) in [5, 5.41) is 0. The Bertz CT molecular complexity index is 330. The topological polar surface area (TPSA) is 3.24 Å². The maximum absolute atomic E-state index is 2.54. The minimum absolute atomic E-state index is 0.626. The van der Waals surface area contributed by atoms with Gasteiger partial charge in [0.25, 0.3) is 0 Å². The molecule has 90 valence electrons. The molecule has 0 aliphatic heterocycles. The molecule has 0 fully saturated rings. The largest absolute Gasteiger partial charge is 0.369 e. The van der Waals surface area contributed by atoms with Crippen LogP contribution in [0.25, 0.3) is 0 Å². The van der Waals surface area contributed by atoms with Gasteiger partial charge in [-0.1, -0.05) is 31.5 Å². The molecule has 1 aromatic carbocycles. The highest BCUT2D eigenvalue weighted by atomic mass is 15.2. The van der Waals surface area contributed by atoms with Crippen molar-refractivity contribution in [2.75, 3.05) is 11.4 Å². The van der Waals surface area contributed by atoms with Crippen molar-refractivity contribution >= 4 is 5.69 Å². The molecule has 0 saturated heterocycles. The van der Waals surface area contributed by atoms with E-state index in [9.17, 15) is 0 Å². The van der Waals surface area contributed by atoms with Gasteiger partial charge in [-0.2, -0.15) is 0 Å². The molecule has 1 nitrogen and oxygen atoms in total. The summed E-state index contributed by atoms with van der Waals surface area (Å²) in [5.41, 5.74) is 4.15. The minimum Gasteiger partial charge on any atom is -0.369 e. The molecule has 0 heterocycles. The van der Waals surface area contributed by atoms with Crippen molar-refractivity contribution in [3.63, 3.8) is 0 Å². The molecule has 0 amide bonds. The second-order valence-corrected chi connectivity index (χ2v) is 4.74. The highest BCUT2D eigenvalue weighted by Crippen LogP contribution is 2.24. The predicted molar refractivity (Wildman–Crippen MR) is 73.3 cm³/mol. The lowest BCUT2D eigenvalue weighted by Gasteiger charge is -2.32. The molecule has 0 saturated carbocycles. The third kappa shape index (κ3) is 3.01. The van der Waals surface area contributed by atoms with E-state index in [4.69, 9.17) is 0 Å². The minimum atomic E-state index is 0.626. The average molecular weight is 219 g/mol. The summed E-state index contributed by atoms with van der Waals surface area (Å²) in [6.07, 6.45) is 2.41. The van der Waals surface area contributed by atoms with Crippen LogP contribution in [0, 0.1) is 13.8 Å². The van der Waals surface area contributed by atoms with Crippen molar-refractivity contribution in [3.8, 4) is 0 Å². The molecule has 0 N–H and O–H groups in total. The van der Waals surface area contributed by atoms with E-state index >= 15 is 0 Å². The Kier molecular flexibility index (Phi) is 4.85. The number of benzene rings is 1. The number of anilines is 1. The third-order valence-electron chi connectivity index (χ3n) is 3.25. The molecule has 0 spiro atoms. The normalized spacial score (nSPS) is 12.6. The zero-order valence-corrected chi connectivity index (χ0v) is 11.4. The van der Waals surface area contributed by atoms with Gasteiger partial charge in [0.2, 0.25) is 0 Å². The van der Waals surface area contributed by atoms with Gasteiger partial charge in [0, 0.05) is 18.3 Å². The number of nitrogens with zero attached hydrogens (tertiary/aromatic N) is 1. The molecule has 0 aromatic heterocycles. The molecular formula is C15H25N. The second-order valence-electron chi connectivity index (χ2n) is 4.74. The highest BCUT2D eigenvalue weighted by Gasteiger charge is 2.13. The van der Waals surface area contributed by atoms with E-state index in [1.807, 2.05) is 0 Å². The Labute approximate surface area is 100 Å². The summed E-state index contributed by atoms with van der Waals surface area (Å²) in [7, 11) is 0. The monoisotopic (exact) mass is 219 g/mol. The number of rotatable bonds is 5. The lowest BCUT2D eigenvalue weighted by atomic mass is 10.1. The summed E-state index contributed by atoms with van der Waals surface area (Å²) < 4.78 is 0. The number of aryl methyl sites for hydroxylation is 2. The van der Waals surface area contributed by atoms with Gasteiger partial charge in [0.05, 0.1) is 0 Å². The molecule has 1 unspecified atom stereocenters. The van der Waals surface area contributed by atoms with Crippen LogP contribution in [0.2, 0.25) is 0 Å². The van der Waals surface area contributed by atoms with E-state index in [1.165, 1.54) is 29.7 Å². The van der Waals surface area contributed by atoms with Crippen LogP contribution in [0.3, 0.4) is 0 Å². The van der Waals surface area contributed by atoms with Crippen LogP contribution in [0.1, 0.15) is 44.7 Å². The predicted octanol–water partition coefficient (Wildman–Crippen LogP) is 4.32. The SMILES string of the molecule is CCCN(c1ccc(C)cc1C)C(C)CC. The lowest BCUT2D eigenvalue weighted by molar-refractivity contribution is 0.608. The van der Waals surface area contributed by atoms with Crippen molar-refractivity contribution in [2.45, 2.75) is 53.5 Å². The van der Waals surface area contributed by atoms with Crippen LogP contribution in [0.15, 0.2) is 18.2 Å². The van der Waals surface area contributed by atoms with Gasteiger partial charge in [-0.15, -0.1) is 0 Å². The molecule has 1 aromatic rings. The Morgan fingerprint density at radius 3 is 2.38 bits per heavy atom. The van der Waals surface area contributed by atoms with E-state index in [0.29, 0.717) is 6.04 Å². The first-order chi connectivity index (χ1) is 7.60. The van der Waals surface area contributed by atoms with Gasteiger partial charge in [0.1, 0.15) is 0 Å². The van der Waals surface area contributed by atoms with Crippen LogP contribution in [0.5, 0.6) is 0 Å². The Hall–Kier alpha value is -0.980. The zero-order chi connectivity index (χ0) is 12.1. The first-order valence-electron chi connectivity index (χ1n) is 6.44. The van der Waals surface area contributed by atoms with Gasteiger partial charge < -0.3 is 4.90 Å². The van der Waals surface area contributed by atoms with E-state index in [2.05, 4.69) is 57.7 Å². The zero-order valence-electron chi connectivity index (χ0n) is 11.4. The van der Waals surface area contributed by atoms with Crippen LogP contribution >= 0.6 is 0 Å². The molecule has 1 heteroatoms. The lowest BCUT2D eigenvalue weighted by Crippen LogP contribution is -2.33. The first-order valence-corrected chi connectivity index (χ1v) is 6.44. The average Bonchev–Trinajstić information content (AvgIpc) is 2.26. The summed E-state index contributed by atoms with van der Waals surface area (Å²) in [6, 6.07) is 7.39. The quantitative estimate of drug-likeness (QED) is 0.713. The summed E-state index contributed by atoms with van der Waals surface area (Å²) >= 11 is 0. The van der Waals surface area contributed by atoms with Gasteiger partial charge in [-0.25, -0.2) is 0 Å². The molecule has 0 aliphatic carbocycles. The fourth-order valence-corrected chi connectivity index (χ4v) is 2.17. The van der Waals surface area contributed by atoms with Crippen LogP contribution in [0.4, 0.5) is 5.69 Å².